The Morgan fingerprint density at radius 2 is 1.59 bits per heavy atom. The fraction of sp³-hybridized carbons (Fsp3) is 0.267. The smallest absolute Gasteiger partial charge is 0.272 e. The van der Waals surface area contributed by atoms with Crippen molar-refractivity contribution in [2.24, 2.45) is 0 Å². The number of nitrogens with zero attached hydrogens (tertiary/aromatic N) is 3. The van der Waals surface area contributed by atoms with Crippen molar-refractivity contribution in [1.82, 2.24) is 20.0 Å². The Balaban J connectivity index is 1.26. The second kappa shape index (κ2) is 11.4. The second-order valence-electron chi connectivity index (χ2n) is 10.3. The number of rotatable bonds is 6. The molecule has 0 atom stereocenters. The molecule has 3 aromatic carbocycles. The number of nitrogens with one attached hydrogen (secondary N) is 1. The van der Waals surface area contributed by atoms with Gasteiger partial charge in [0.25, 0.3) is 11.5 Å². The summed E-state index contributed by atoms with van der Waals surface area (Å²) in [5.74, 6) is -2.82. The van der Waals surface area contributed by atoms with Crippen molar-refractivity contribution >= 4 is 34.3 Å². The number of fused-ring (bicyclic) bond motifs is 1. The number of piperazine rings is 1. The van der Waals surface area contributed by atoms with Gasteiger partial charge in [-0.15, -0.1) is 11.8 Å². The van der Waals surface area contributed by atoms with Crippen LogP contribution < -0.4 is 5.56 Å². The zero-order chi connectivity index (χ0) is 29.3. The normalized spacial score (nSPS) is 14.0. The third kappa shape index (κ3) is 6.00. The van der Waals surface area contributed by atoms with Gasteiger partial charge in [0.2, 0.25) is 5.91 Å². The highest BCUT2D eigenvalue weighted by molar-refractivity contribution is 8.01. The van der Waals surface area contributed by atoms with Crippen LogP contribution in [0, 0.1) is 17.5 Å². The van der Waals surface area contributed by atoms with Crippen molar-refractivity contribution in [3.8, 4) is 0 Å². The summed E-state index contributed by atoms with van der Waals surface area (Å²) in [7, 11) is 0. The zero-order valence-corrected chi connectivity index (χ0v) is 23.2. The number of benzene rings is 3. The van der Waals surface area contributed by atoms with Crippen molar-refractivity contribution in [1.29, 1.82) is 0 Å². The fourth-order valence-corrected chi connectivity index (χ4v) is 5.94. The highest BCUT2D eigenvalue weighted by atomic mass is 32.2. The highest BCUT2D eigenvalue weighted by Gasteiger charge is 2.36. The minimum Gasteiger partial charge on any atom is -0.338 e. The lowest BCUT2D eigenvalue weighted by atomic mass is 10.0. The molecule has 0 saturated carbocycles. The monoisotopic (exact) mass is 580 g/mol. The molecule has 1 aliphatic heterocycles. The Labute approximate surface area is 238 Å². The zero-order valence-electron chi connectivity index (χ0n) is 22.4. The molecule has 1 aromatic heterocycles. The number of hydrogen-bond donors (Lipinski definition) is 1. The highest BCUT2D eigenvalue weighted by Crippen LogP contribution is 2.36. The van der Waals surface area contributed by atoms with E-state index in [1.807, 2.05) is 0 Å². The molecule has 0 aliphatic carbocycles. The third-order valence-corrected chi connectivity index (χ3v) is 8.27. The number of thioether (sulfide) groups is 1. The van der Waals surface area contributed by atoms with E-state index in [0.717, 1.165) is 23.9 Å². The van der Waals surface area contributed by atoms with E-state index in [4.69, 9.17) is 0 Å². The SMILES string of the molecule is CC(C)(Sc1ccc(F)cc1F)C(=O)N1CCN(C(=O)c2cc(Cc3n[nH]c(=O)c4ccccc34)ccc2F)CC1. The fourth-order valence-electron chi connectivity index (χ4n) is 4.89. The predicted molar refractivity (Wildman–Crippen MR) is 150 cm³/mol. The summed E-state index contributed by atoms with van der Waals surface area (Å²) >= 11 is 1.00. The Morgan fingerprint density at radius 3 is 2.29 bits per heavy atom. The van der Waals surface area contributed by atoms with Crippen LogP contribution in [-0.2, 0) is 11.2 Å². The van der Waals surface area contributed by atoms with E-state index in [0.29, 0.717) is 22.0 Å². The topological polar surface area (TPSA) is 86.4 Å². The van der Waals surface area contributed by atoms with Gasteiger partial charge in [-0.05, 0) is 49.7 Å². The summed E-state index contributed by atoms with van der Waals surface area (Å²) < 4.78 is 41.2. The van der Waals surface area contributed by atoms with E-state index in [1.165, 1.54) is 23.1 Å². The minimum absolute atomic E-state index is 0.0846. The first-order valence-corrected chi connectivity index (χ1v) is 13.8. The summed E-state index contributed by atoms with van der Waals surface area (Å²) in [6, 6.07) is 14.6. The van der Waals surface area contributed by atoms with E-state index >= 15 is 0 Å². The van der Waals surface area contributed by atoms with Crippen LogP contribution in [0.3, 0.4) is 0 Å². The number of halogens is 3. The average Bonchev–Trinajstić information content (AvgIpc) is 2.96. The molecule has 0 unspecified atom stereocenters. The third-order valence-electron chi connectivity index (χ3n) is 7.04. The molecule has 1 saturated heterocycles. The molecule has 2 amide bonds. The molecule has 1 fully saturated rings. The van der Waals surface area contributed by atoms with Crippen LogP contribution in [0.5, 0.6) is 0 Å². The summed E-state index contributed by atoms with van der Waals surface area (Å²) in [6.45, 7) is 4.20. The van der Waals surface area contributed by atoms with Crippen molar-refractivity contribution in [2.45, 2.75) is 29.9 Å². The first-order valence-electron chi connectivity index (χ1n) is 13.0. The number of carbonyl (C=O) groups is 2. The molecule has 0 spiro atoms. The molecule has 0 radical (unpaired) electrons. The molecule has 2 heterocycles. The Bertz CT molecular complexity index is 1700. The molecule has 7 nitrogen and oxygen atoms in total. The molecule has 11 heteroatoms. The molecule has 212 valence electrons. The van der Waals surface area contributed by atoms with E-state index < -0.39 is 28.1 Å². The van der Waals surface area contributed by atoms with Crippen molar-refractivity contribution in [3.63, 3.8) is 0 Å². The maximum atomic E-state index is 14.8. The van der Waals surface area contributed by atoms with Crippen LogP contribution >= 0.6 is 11.8 Å². The summed E-state index contributed by atoms with van der Waals surface area (Å²) in [5, 5.41) is 7.82. The minimum atomic E-state index is -1.04. The van der Waals surface area contributed by atoms with Crippen molar-refractivity contribution < 1.29 is 22.8 Å². The molecule has 1 aliphatic rings. The second-order valence-corrected chi connectivity index (χ2v) is 12.0. The largest absolute Gasteiger partial charge is 0.338 e. The first kappa shape index (κ1) is 28.4. The molecule has 4 aromatic rings. The molecule has 5 rings (SSSR count). The number of amides is 2. The van der Waals surface area contributed by atoms with Gasteiger partial charge in [-0.3, -0.25) is 14.4 Å². The van der Waals surface area contributed by atoms with Crippen LogP contribution in [0.15, 0.2) is 70.4 Å². The van der Waals surface area contributed by atoms with Crippen LogP contribution in [-0.4, -0.2) is 62.7 Å². The van der Waals surface area contributed by atoms with Gasteiger partial charge in [-0.2, -0.15) is 5.10 Å². The summed E-state index contributed by atoms with van der Waals surface area (Å²) in [6.07, 6.45) is 0.279. The molecule has 0 bridgehead atoms. The van der Waals surface area contributed by atoms with Crippen LogP contribution in [0.2, 0.25) is 0 Å². The van der Waals surface area contributed by atoms with Gasteiger partial charge >= 0.3 is 0 Å². The van der Waals surface area contributed by atoms with Gasteiger partial charge in [-0.1, -0.05) is 24.3 Å². The van der Waals surface area contributed by atoms with Gasteiger partial charge in [0.05, 0.1) is 21.4 Å². The lowest BCUT2D eigenvalue weighted by Gasteiger charge is -2.38. The quantitative estimate of drug-likeness (QED) is 0.332. The van der Waals surface area contributed by atoms with Crippen LogP contribution in [0.1, 0.15) is 35.5 Å². The van der Waals surface area contributed by atoms with Crippen molar-refractivity contribution in [3.05, 3.63) is 105 Å². The van der Waals surface area contributed by atoms with Crippen LogP contribution in [0.4, 0.5) is 13.2 Å². The molecular formula is C30H27F3N4O3S. The molecule has 1 N–H and O–H groups in total. The van der Waals surface area contributed by atoms with E-state index in [2.05, 4.69) is 10.2 Å². The van der Waals surface area contributed by atoms with Gasteiger partial charge in [0.1, 0.15) is 17.5 Å². The number of aromatic amines is 1. The van der Waals surface area contributed by atoms with Gasteiger partial charge in [0, 0.05) is 48.9 Å². The number of H-pyrrole nitrogens is 1. The maximum absolute atomic E-state index is 14.8. The molecule has 41 heavy (non-hydrogen) atoms. The predicted octanol–water partition coefficient (Wildman–Crippen LogP) is 4.79. The Morgan fingerprint density at radius 1 is 0.902 bits per heavy atom. The number of carbonyl (C=O) groups excluding carboxylic acids is 2. The van der Waals surface area contributed by atoms with Crippen LogP contribution in [0.25, 0.3) is 10.8 Å². The van der Waals surface area contributed by atoms with Crippen molar-refractivity contribution in [2.75, 3.05) is 26.2 Å². The van der Waals surface area contributed by atoms with E-state index in [1.54, 1.807) is 49.1 Å². The molecular weight excluding hydrogens is 553 g/mol. The summed E-state index contributed by atoms with van der Waals surface area (Å²) in [5.41, 5.74) is 0.860. The Hall–Kier alpha value is -4.12. The maximum Gasteiger partial charge on any atom is 0.272 e. The van der Waals surface area contributed by atoms with Gasteiger partial charge < -0.3 is 9.80 Å². The first-order chi connectivity index (χ1) is 19.5. The van der Waals surface area contributed by atoms with E-state index in [-0.39, 0.29) is 54.5 Å². The standard InChI is InChI=1S/C30H27F3N4O3S/c1-30(2,41-26-10-8-19(31)17-24(26)33)29(40)37-13-11-36(12-14-37)28(39)22-15-18(7-9-23(22)32)16-25-20-5-3-4-6-21(20)27(38)35-34-25/h3-10,15,17H,11-14,16H2,1-2H3,(H,35,38). The van der Waals surface area contributed by atoms with E-state index in [9.17, 15) is 27.6 Å². The Kier molecular flexibility index (Phi) is 7.90. The lowest BCUT2D eigenvalue weighted by molar-refractivity contribution is -0.134. The average molecular weight is 581 g/mol. The lowest BCUT2D eigenvalue weighted by Crippen LogP contribution is -2.54. The number of hydrogen-bond acceptors (Lipinski definition) is 5. The van der Waals surface area contributed by atoms with Gasteiger partial charge in [0.15, 0.2) is 0 Å². The van der Waals surface area contributed by atoms with Gasteiger partial charge in [-0.25, -0.2) is 18.3 Å². The number of aromatic nitrogens is 2. The summed E-state index contributed by atoms with van der Waals surface area (Å²) in [4.78, 5) is 41.9.